The normalized spacial score (nSPS) is 18.7. The van der Waals surface area contributed by atoms with Crippen molar-refractivity contribution in [3.63, 3.8) is 0 Å². The van der Waals surface area contributed by atoms with E-state index in [2.05, 4.69) is 5.32 Å². The van der Waals surface area contributed by atoms with Gasteiger partial charge in [-0.3, -0.25) is 9.59 Å². The molecule has 26 heavy (non-hydrogen) atoms. The Morgan fingerprint density at radius 3 is 2.65 bits per heavy atom. The zero-order valence-electron chi connectivity index (χ0n) is 14.0. The van der Waals surface area contributed by atoms with E-state index < -0.39 is 11.5 Å². The van der Waals surface area contributed by atoms with Crippen molar-refractivity contribution in [1.29, 1.82) is 0 Å². The molecule has 3 aromatic rings. The minimum absolute atomic E-state index is 0.292. The monoisotopic (exact) mass is 365 g/mol. The van der Waals surface area contributed by atoms with Crippen LogP contribution >= 0.6 is 11.6 Å². The zero-order chi connectivity index (χ0) is 18.5. The van der Waals surface area contributed by atoms with Gasteiger partial charge in [-0.25, -0.2) is 0 Å². The Bertz CT molecular complexity index is 1070. The predicted molar refractivity (Wildman–Crippen MR) is 102 cm³/mol. The van der Waals surface area contributed by atoms with Crippen LogP contribution in [0.2, 0.25) is 5.02 Å². The molecule has 1 heterocycles. The lowest BCUT2D eigenvalue weighted by atomic mass is 9.86. The summed E-state index contributed by atoms with van der Waals surface area (Å²) in [6.45, 7) is 1.76. The molecular weight excluding hydrogens is 350 g/mol. The van der Waals surface area contributed by atoms with Gasteiger partial charge in [0.15, 0.2) is 11.4 Å². The maximum Gasteiger partial charge on any atom is 0.261 e. The third-order valence-electron chi connectivity index (χ3n) is 4.97. The summed E-state index contributed by atoms with van der Waals surface area (Å²) in [5.41, 5.74) is 0.127. The zero-order valence-corrected chi connectivity index (χ0v) is 14.8. The number of nitrogens with one attached hydrogen (secondary N) is 1. The summed E-state index contributed by atoms with van der Waals surface area (Å²) in [5, 5.41) is 15.9. The first kappa shape index (κ1) is 16.8. The number of anilines is 1. The van der Waals surface area contributed by atoms with E-state index >= 15 is 0 Å². The molecule has 1 aliphatic heterocycles. The summed E-state index contributed by atoms with van der Waals surface area (Å²) in [4.78, 5) is 25.5. The fourth-order valence-electron chi connectivity index (χ4n) is 3.50. The molecule has 5 heteroatoms. The SMILES string of the molecule is Cc1c(Cl)ccc2c1NC(=O)C2(O)CC(=O)c1cccc2ccccc12. The van der Waals surface area contributed by atoms with E-state index in [1.54, 1.807) is 31.2 Å². The van der Waals surface area contributed by atoms with Crippen LogP contribution < -0.4 is 5.32 Å². The van der Waals surface area contributed by atoms with E-state index in [1.807, 2.05) is 30.3 Å². The van der Waals surface area contributed by atoms with E-state index in [0.29, 0.717) is 27.4 Å². The summed E-state index contributed by atoms with van der Waals surface area (Å²) in [6.07, 6.45) is -0.332. The van der Waals surface area contributed by atoms with Crippen LogP contribution in [0.3, 0.4) is 0 Å². The second kappa shape index (κ2) is 5.94. The Balaban J connectivity index is 1.77. The number of halogens is 1. The molecule has 0 aliphatic carbocycles. The summed E-state index contributed by atoms with van der Waals surface area (Å²) < 4.78 is 0. The number of amides is 1. The predicted octanol–water partition coefficient (Wildman–Crippen LogP) is 4.21. The van der Waals surface area contributed by atoms with Crippen LogP contribution in [0.25, 0.3) is 10.8 Å². The molecule has 1 unspecified atom stereocenters. The van der Waals surface area contributed by atoms with Crippen molar-refractivity contribution in [1.82, 2.24) is 0 Å². The molecule has 0 radical (unpaired) electrons. The Hall–Kier alpha value is -2.69. The molecule has 3 aromatic carbocycles. The lowest BCUT2D eigenvalue weighted by Gasteiger charge is -2.20. The number of fused-ring (bicyclic) bond motifs is 2. The van der Waals surface area contributed by atoms with Gasteiger partial charge < -0.3 is 10.4 Å². The van der Waals surface area contributed by atoms with Gasteiger partial charge in [0.05, 0.1) is 12.1 Å². The molecule has 1 aliphatic rings. The molecule has 0 saturated heterocycles. The Labute approximate surface area is 155 Å². The number of hydrogen-bond donors (Lipinski definition) is 2. The lowest BCUT2D eigenvalue weighted by molar-refractivity contribution is -0.133. The van der Waals surface area contributed by atoms with Gasteiger partial charge in [-0.05, 0) is 29.3 Å². The topological polar surface area (TPSA) is 66.4 Å². The molecule has 4 rings (SSSR count). The second-order valence-electron chi connectivity index (χ2n) is 6.54. The van der Waals surface area contributed by atoms with Gasteiger partial charge in [0.25, 0.3) is 5.91 Å². The van der Waals surface area contributed by atoms with Gasteiger partial charge in [0, 0.05) is 16.1 Å². The molecular formula is C21H16ClNO3. The van der Waals surface area contributed by atoms with Crippen molar-refractivity contribution in [3.8, 4) is 0 Å². The van der Waals surface area contributed by atoms with E-state index in [1.165, 1.54) is 0 Å². The second-order valence-corrected chi connectivity index (χ2v) is 6.94. The largest absolute Gasteiger partial charge is 0.375 e. The van der Waals surface area contributed by atoms with Gasteiger partial charge in [-0.2, -0.15) is 0 Å². The van der Waals surface area contributed by atoms with Gasteiger partial charge in [0.1, 0.15) is 0 Å². The summed E-state index contributed by atoms with van der Waals surface area (Å²) in [5.74, 6) is -0.897. The average molecular weight is 366 g/mol. The van der Waals surface area contributed by atoms with E-state index in [9.17, 15) is 14.7 Å². The standard InChI is InChI=1S/C21H16ClNO3/c1-12-17(22)10-9-16-19(12)23-20(25)21(16,26)11-18(24)15-8-4-6-13-5-2-3-7-14(13)15/h2-10,26H,11H2,1H3,(H,23,25). The molecule has 130 valence electrons. The summed E-state index contributed by atoms with van der Waals surface area (Å²) in [6, 6.07) is 16.2. The van der Waals surface area contributed by atoms with Gasteiger partial charge in [0.2, 0.25) is 0 Å². The average Bonchev–Trinajstić information content (AvgIpc) is 2.89. The van der Waals surface area contributed by atoms with Crippen molar-refractivity contribution in [2.75, 3.05) is 5.32 Å². The molecule has 4 nitrogen and oxygen atoms in total. The number of carbonyl (C=O) groups excluding carboxylic acids is 2. The highest BCUT2D eigenvalue weighted by Crippen LogP contribution is 2.43. The summed E-state index contributed by atoms with van der Waals surface area (Å²) >= 11 is 6.10. The fraction of sp³-hybridized carbons (Fsp3) is 0.143. The third-order valence-corrected chi connectivity index (χ3v) is 5.37. The molecule has 2 N–H and O–H groups in total. The van der Waals surface area contributed by atoms with Crippen LogP contribution in [0, 0.1) is 6.92 Å². The highest BCUT2D eigenvalue weighted by molar-refractivity contribution is 6.32. The Morgan fingerprint density at radius 2 is 1.85 bits per heavy atom. The van der Waals surface area contributed by atoms with Gasteiger partial charge in [-0.1, -0.05) is 60.1 Å². The molecule has 0 aromatic heterocycles. The number of ketones is 1. The maximum absolute atomic E-state index is 13.0. The van der Waals surface area contributed by atoms with Crippen molar-refractivity contribution in [2.45, 2.75) is 18.9 Å². The fourth-order valence-corrected chi connectivity index (χ4v) is 3.66. The van der Waals surface area contributed by atoms with Crippen molar-refractivity contribution < 1.29 is 14.7 Å². The van der Waals surface area contributed by atoms with E-state index in [4.69, 9.17) is 11.6 Å². The molecule has 1 atom stereocenters. The third kappa shape index (κ3) is 2.42. The highest BCUT2D eigenvalue weighted by atomic mass is 35.5. The van der Waals surface area contributed by atoms with Crippen LogP contribution in [-0.2, 0) is 10.4 Å². The highest BCUT2D eigenvalue weighted by Gasteiger charge is 2.47. The van der Waals surface area contributed by atoms with E-state index in [-0.39, 0.29) is 12.2 Å². The quantitative estimate of drug-likeness (QED) is 0.683. The molecule has 1 amide bonds. The number of hydrogen-bond acceptors (Lipinski definition) is 3. The molecule has 0 spiro atoms. The Morgan fingerprint density at radius 1 is 1.12 bits per heavy atom. The Kier molecular flexibility index (Phi) is 3.83. The number of aliphatic hydroxyl groups is 1. The van der Waals surface area contributed by atoms with Crippen LogP contribution in [-0.4, -0.2) is 16.8 Å². The first-order valence-electron chi connectivity index (χ1n) is 8.26. The first-order chi connectivity index (χ1) is 12.4. The number of Topliss-reactive ketones (excluding diaryl/α,β-unsaturated/α-hetero) is 1. The number of benzene rings is 3. The number of carbonyl (C=O) groups is 2. The van der Waals surface area contributed by atoms with Gasteiger partial charge in [-0.15, -0.1) is 0 Å². The van der Waals surface area contributed by atoms with Crippen LogP contribution in [0.5, 0.6) is 0 Å². The molecule has 0 bridgehead atoms. The van der Waals surface area contributed by atoms with Crippen LogP contribution in [0.1, 0.15) is 27.9 Å². The van der Waals surface area contributed by atoms with Crippen LogP contribution in [0.15, 0.2) is 54.6 Å². The van der Waals surface area contributed by atoms with Crippen LogP contribution in [0.4, 0.5) is 5.69 Å². The first-order valence-corrected chi connectivity index (χ1v) is 8.64. The smallest absolute Gasteiger partial charge is 0.261 e. The van der Waals surface area contributed by atoms with Crippen molar-refractivity contribution in [2.24, 2.45) is 0 Å². The number of rotatable bonds is 3. The maximum atomic E-state index is 13.0. The summed E-state index contributed by atoms with van der Waals surface area (Å²) in [7, 11) is 0. The van der Waals surface area contributed by atoms with Gasteiger partial charge >= 0.3 is 0 Å². The minimum Gasteiger partial charge on any atom is -0.375 e. The molecule has 0 saturated carbocycles. The van der Waals surface area contributed by atoms with Crippen molar-refractivity contribution >= 4 is 39.8 Å². The minimum atomic E-state index is -1.90. The van der Waals surface area contributed by atoms with Crippen molar-refractivity contribution in [3.05, 3.63) is 76.3 Å². The molecule has 0 fully saturated rings. The van der Waals surface area contributed by atoms with E-state index in [0.717, 1.165) is 10.8 Å². The lowest BCUT2D eigenvalue weighted by Crippen LogP contribution is -2.36.